The van der Waals surface area contributed by atoms with Crippen molar-refractivity contribution in [1.29, 1.82) is 0 Å². The Bertz CT molecular complexity index is 1030. The van der Waals surface area contributed by atoms with E-state index in [1.165, 1.54) is 11.3 Å². The molecule has 110 valence electrons. The Morgan fingerprint density at radius 1 is 1.23 bits per heavy atom. The van der Waals surface area contributed by atoms with Crippen LogP contribution in [-0.2, 0) is 0 Å². The van der Waals surface area contributed by atoms with E-state index in [1.54, 1.807) is 6.07 Å². The van der Waals surface area contributed by atoms with Gasteiger partial charge < -0.3 is 10.2 Å². The van der Waals surface area contributed by atoms with Gasteiger partial charge in [-0.05, 0) is 37.6 Å². The number of nitrogen functional groups attached to an aromatic ring is 1. The molecule has 6 heteroatoms. The largest absolute Gasteiger partial charge is 0.434 e. The quantitative estimate of drug-likeness (QED) is 0.536. The summed E-state index contributed by atoms with van der Waals surface area (Å²) in [7, 11) is 0. The molecule has 0 bridgehead atoms. The van der Waals surface area contributed by atoms with E-state index in [-0.39, 0.29) is 0 Å². The molecule has 0 aliphatic heterocycles. The zero-order valence-corrected chi connectivity index (χ0v) is 13.5. The van der Waals surface area contributed by atoms with Gasteiger partial charge in [0.05, 0.1) is 10.7 Å². The summed E-state index contributed by atoms with van der Waals surface area (Å²) >= 11 is 7.64. The van der Waals surface area contributed by atoms with E-state index in [0.717, 1.165) is 31.9 Å². The standard InChI is InChI=1S/C16H12ClN3OS/c1-7-6-8(2)19-16-11(7)12(18)14(22-16)15-20-10-5-3-4-9(17)13(10)21-15/h3-6H,18H2,1-2H3. The summed E-state index contributed by atoms with van der Waals surface area (Å²) in [4.78, 5) is 10.8. The third-order valence-corrected chi connectivity index (χ3v) is 4.97. The van der Waals surface area contributed by atoms with Gasteiger partial charge in [0, 0.05) is 11.1 Å². The van der Waals surface area contributed by atoms with Crippen LogP contribution in [0.1, 0.15) is 11.3 Å². The first-order valence-corrected chi connectivity index (χ1v) is 7.95. The number of rotatable bonds is 1. The van der Waals surface area contributed by atoms with E-state index >= 15 is 0 Å². The summed E-state index contributed by atoms with van der Waals surface area (Å²) in [5, 5.41) is 1.51. The summed E-state index contributed by atoms with van der Waals surface area (Å²) in [5.74, 6) is 0.487. The van der Waals surface area contributed by atoms with Crippen LogP contribution >= 0.6 is 22.9 Å². The maximum Gasteiger partial charge on any atom is 0.239 e. The third-order valence-electron chi connectivity index (χ3n) is 3.59. The Balaban J connectivity index is 2.02. The van der Waals surface area contributed by atoms with Crippen LogP contribution in [0.4, 0.5) is 5.69 Å². The molecule has 3 heterocycles. The predicted octanol–water partition coefficient (Wildman–Crippen LogP) is 4.96. The highest BCUT2D eigenvalue weighted by Crippen LogP contribution is 2.42. The maximum atomic E-state index is 6.32. The van der Waals surface area contributed by atoms with Crippen molar-refractivity contribution in [2.45, 2.75) is 13.8 Å². The Morgan fingerprint density at radius 2 is 2.05 bits per heavy atom. The van der Waals surface area contributed by atoms with Crippen LogP contribution in [0.3, 0.4) is 0 Å². The van der Waals surface area contributed by atoms with Gasteiger partial charge in [-0.1, -0.05) is 17.7 Å². The van der Waals surface area contributed by atoms with Gasteiger partial charge in [0.1, 0.15) is 15.2 Å². The van der Waals surface area contributed by atoms with Crippen LogP contribution < -0.4 is 5.73 Å². The summed E-state index contributed by atoms with van der Waals surface area (Å²) < 4.78 is 5.82. The first-order chi connectivity index (χ1) is 10.5. The molecule has 0 atom stereocenters. The van der Waals surface area contributed by atoms with E-state index in [4.69, 9.17) is 21.8 Å². The molecule has 3 aromatic heterocycles. The van der Waals surface area contributed by atoms with Crippen molar-refractivity contribution in [2.24, 2.45) is 0 Å². The minimum Gasteiger partial charge on any atom is -0.434 e. The summed E-state index contributed by atoms with van der Waals surface area (Å²) in [6, 6.07) is 7.52. The lowest BCUT2D eigenvalue weighted by atomic mass is 10.1. The molecule has 0 fully saturated rings. The zero-order chi connectivity index (χ0) is 15.4. The minimum absolute atomic E-state index is 0.487. The maximum absolute atomic E-state index is 6.32. The van der Waals surface area contributed by atoms with Crippen LogP contribution in [0, 0.1) is 13.8 Å². The highest BCUT2D eigenvalue weighted by molar-refractivity contribution is 7.22. The van der Waals surface area contributed by atoms with Gasteiger partial charge in [-0.25, -0.2) is 9.97 Å². The number of hydrogen-bond acceptors (Lipinski definition) is 5. The number of nitrogens with two attached hydrogens (primary N) is 1. The average molecular weight is 330 g/mol. The van der Waals surface area contributed by atoms with Crippen molar-refractivity contribution in [3.8, 4) is 10.8 Å². The van der Waals surface area contributed by atoms with Gasteiger partial charge >= 0.3 is 0 Å². The molecule has 4 rings (SSSR count). The summed E-state index contributed by atoms with van der Waals surface area (Å²) in [6.07, 6.45) is 0. The zero-order valence-electron chi connectivity index (χ0n) is 12.0. The molecule has 0 aliphatic carbocycles. The smallest absolute Gasteiger partial charge is 0.239 e. The molecule has 0 amide bonds. The number of halogens is 1. The molecule has 0 radical (unpaired) electrons. The van der Waals surface area contributed by atoms with Crippen LogP contribution in [-0.4, -0.2) is 9.97 Å². The van der Waals surface area contributed by atoms with Crippen molar-refractivity contribution < 1.29 is 4.42 Å². The molecular weight excluding hydrogens is 318 g/mol. The van der Waals surface area contributed by atoms with E-state index < -0.39 is 0 Å². The molecule has 4 nitrogen and oxygen atoms in total. The lowest BCUT2D eigenvalue weighted by Crippen LogP contribution is -1.89. The van der Waals surface area contributed by atoms with Crippen LogP contribution in [0.2, 0.25) is 5.02 Å². The first-order valence-electron chi connectivity index (χ1n) is 6.76. The number of benzene rings is 1. The number of hydrogen-bond donors (Lipinski definition) is 1. The van der Waals surface area contributed by atoms with Gasteiger partial charge in [-0.15, -0.1) is 11.3 Å². The fourth-order valence-electron chi connectivity index (χ4n) is 2.64. The van der Waals surface area contributed by atoms with Crippen molar-refractivity contribution in [3.63, 3.8) is 0 Å². The van der Waals surface area contributed by atoms with E-state index in [9.17, 15) is 0 Å². The molecule has 0 spiro atoms. The molecular formula is C16H12ClN3OS. The Kier molecular flexibility index (Phi) is 2.89. The minimum atomic E-state index is 0.487. The predicted molar refractivity (Wildman–Crippen MR) is 91.5 cm³/mol. The Hall–Kier alpha value is -2.11. The Morgan fingerprint density at radius 3 is 2.82 bits per heavy atom. The van der Waals surface area contributed by atoms with Crippen molar-refractivity contribution in [3.05, 3.63) is 40.5 Å². The SMILES string of the molecule is Cc1cc(C)c2c(N)c(-c3nc4cccc(Cl)c4o3)sc2n1. The third kappa shape index (κ3) is 1.90. The van der Waals surface area contributed by atoms with E-state index in [2.05, 4.69) is 9.97 Å². The van der Waals surface area contributed by atoms with Gasteiger partial charge in [-0.2, -0.15) is 0 Å². The number of fused-ring (bicyclic) bond motifs is 2. The number of nitrogens with zero attached hydrogens (tertiary/aromatic N) is 2. The molecule has 0 saturated heterocycles. The van der Waals surface area contributed by atoms with Gasteiger partial charge in [0.15, 0.2) is 5.58 Å². The number of para-hydroxylation sites is 1. The average Bonchev–Trinajstić information content (AvgIpc) is 3.01. The molecule has 4 aromatic rings. The molecule has 1 aromatic carbocycles. The van der Waals surface area contributed by atoms with Crippen LogP contribution in [0.25, 0.3) is 32.1 Å². The second kappa shape index (κ2) is 4.69. The lowest BCUT2D eigenvalue weighted by molar-refractivity contribution is 0.622. The number of thiophene rings is 1. The Labute approximate surface area is 135 Å². The molecule has 0 aliphatic rings. The van der Waals surface area contributed by atoms with Gasteiger partial charge in [0.2, 0.25) is 5.89 Å². The van der Waals surface area contributed by atoms with Gasteiger partial charge in [0.25, 0.3) is 0 Å². The summed E-state index contributed by atoms with van der Waals surface area (Å²) in [6.45, 7) is 4.01. The second-order valence-corrected chi connectivity index (χ2v) is 6.62. The summed E-state index contributed by atoms with van der Waals surface area (Å²) in [5.41, 5.74) is 10.4. The van der Waals surface area contributed by atoms with Crippen LogP contribution in [0.15, 0.2) is 28.7 Å². The number of aryl methyl sites for hydroxylation is 2. The molecule has 0 saturated carbocycles. The van der Waals surface area contributed by atoms with Crippen molar-refractivity contribution in [2.75, 3.05) is 5.73 Å². The molecule has 2 N–H and O–H groups in total. The number of pyridine rings is 1. The van der Waals surface area contributed by atoms with E-state index in [0.29, 0.717) is 22.2 Å². The van der Waals surface area contributed by atoms with Crippen molar-refractivity contribution in [1.82, 2.24) is 9.97 Å². The van der Waals surface area contributed by atoms with Gasteiger partial charge in [-0.3, -0.25) is 0 Å². The van der Waals surface area contributed by atoms with Crippen LogP contribution in [0.5, 0.6) is 0 Å². The number of oxazole rings is 1. The van der Waals surface area contributed by atoms with E-state index in [1.807, 2.05) is 32.0 Å². The number of aromatic nitrogens is 2. The second-order valence-electron chi connectivity index (χ2n) is 5.21. The highest BCUT2D eigenvalue weighted by Gasteiger charge is 2.19. The fraction of sp³-hybridized carbons (Fsp3) is 0.125. The lowest BCUT2D eigenvalue weighted by Gasteiger charge is -1.99. The normalized spacial score (nSPS) is 11.6. The highest BCUT2D eigenvalue weighted by atomic mass is 35.5. The first kappa shape index (κ1) is 13.5. The topological polar surface area (TPSA) is 64.9 Å². The molecule has 0 unspecified atom stereocenters. The monoisotopic (exact) mass is 329 g/mol. The number of anilines is 1. The fourth-order valence-corrected chi connectivity index (χ4v) is 3.99. The molecule has 22 heavy (non-hydrogen) atoms. The van der Waals surface area contributed by atoms with Crippen molar-refractivity contribution >= 4 is 49.9 Å².